The molecule has 0 saturated heterocycles. The first kappa shape index (κ1) is 20.9. The van der Waals surface area contributed by atoms with E-state index < -0.39 is 24.1 Å². The third-order valence-electron chi connectivity index (χ3n) is 3.59. The molecule has 0 heterocycles. The average molecular weight is 353 g/mol. The maximum atomic E-state index is 11.2. The van der Waals surface area contributed by atoms with Crippen LogP contribution < -0.4 is 5.48 Å². The summed E-state index contributed by atoms with van der Waals surface area (Å²) in [5.74, 6) is -1.67. The van der Waals surface area contributed by atoms with E-state index in [1.54, 1.807) is 12.2 Å². The molecule has 0 radical (unpaired) electrons. The highest BCUT2D eigenvalue weighted by molar-refractivity contribution is 5.72. The molecule has 1 aliphatic rings. The molecule has 1 rings (SSSR count). The van der Waals surface area contributed by atoms with Crippen LogP contribution in [0, 0.1) is 5.92 Å². The second-order valence-corrected chi connectivity index (χ2v) is 6.40. The molecule has 4 N–H and O–H groups in total. The Morgan fingerprint density at radius 3 is 2.60 bits per heavy atom. The standard InChI is InChI=1S/C18H27NO6/c1-12(2)9-16(18(23)24)25-19-15-11-14(20)10-13(15)7-5-3-4-6-8-17(21)22/h3,5,10-12,14,16,19-20H,4,6-9H2,1-2H3,(H,21,22)(H,23,24)/t14-,16?/m1/s1. The number of unbranched alkanes of at least 4 members (excludes halogenated alkanes) is 1. The molecule has 0 aromatic carbocycles. The van der Waals surface area contributed by atoms with Crippen LogP contribution in [0.5, 0.6) is 0 Å². The number of nitrogens with one attached hydrogen (secondary N) is 1. The van der Waals surface area contributed by atoms with Crippen LogP contribution in [0.3, 0.4) is 0 Å². The van der Waals surface area contributed by atoms with Crippen molar-refractivity contribution in [3.8, 4) is 0 Å². The SMILES string of the molecule is CC(C)CC(ONC1=C[C@H](O)C=C1CC=CCCCC(=O)O)C(=O)O. The molecule has 25 heavy (non-hydrogen) atoms. The van der Waals surface area contributed by atoms with Gasteiger partial charge >= 0.3 is 11.9 Å². The summed E-state index contributed by atoms with van der Waals surface area (Å²) in [4.78, 5) is 26.9. The number of hydroxylamine groups is 1. The fourth-order valence-corrected chi connectivity index (χ4v) is 2.36. The monoisotopic (exact) mass is 353 g/mol. The molecule has 0 saturated carbocycles. The van der Waals surface area contributed by atoms with E-state index in [4.69, 9.17) is 9.94 Å². The number of carboxylic acids is 2. The van der Waals surface area contributed by atoms with Gasteiger partial charge in [-0.05, 0) is 49.3 Å². The number of hydrogen-bond acceptors (Lipinski definition) is 5. The van der Waals surface area contributed by atoms with E-state index in [1.807, 2.05) is 26.0 Å². The lowest BCUT2D eigenvalue weighted by Gasteiger charge is -2.17. The van der Waals surface area contributed by atoms with Crippen LogP contribution in [0.25, 0.3) is 0 Å². The Hall–Kier alpha value is -2.12. The first-order valence-corrected chi connectivity index (χ1v) is 8.41. The van der Waals surface area contributed by atoms with Gasteiger partial charge in [0.1, 0.15) is 0 Å². The van der Waals surface area contributed by atoms with E-state index in [0.717, 1.165) is 5.57 Å². The predicted octanol–water partition coefficient (Wildman–Crippen LogP) is 2.39. The zero-order valence-corrected chi connectivity index (χ0v) is 14.6. The van der Waals surface area contributed by atoms with Gasteiger partial charge in [-0.15, -0.1) is 0 Å². The first-order chi connectivity index (χ1) is 11.8. The average Bonchev–Trinajstić information content (AvgIpc) is 2.86. The van der Waals surface area contributed by atoms with E-state index in [9.17, 15) is 19.8 Å². The molecule has 0 spiro atoms. The van der Waals surface area contributed by atoms with Gasteiger partial charge in [0.2, 0.25) is 0 Å². The van der Waals surface area contributed by atoms with Crippen molar-refractivity contribution in [2.75, 3.05) is 0 Å². The number of aliphatic carboxylic acids is 2. The van der Waals surface area contributed by atoms with Crippen LogP contribution in [0.1, 0.15) is 46.0 Å². The Kier molecular flexibility index (Phi) is 8.94. The van der Waals surface area contributed by atoms with Gasteiger partial charge in [0, 0.05) is 6.42 Å². The predicted molar refractivity (Wildman–Crippen MR) is 92.5 cm³/mol. The highest BCUT2D eigenvalue weighted by Gasteiger charge is 2.22. The zero-order valence-electron chi connectivity index (χ0n) is 14.6. The van der Waals surface area contributed by atoms with Crippen LogP contribution in [0.2, 0.25) is 0 Å². The molecule has 0 aromatic rings. The number of carbonyl (C=O) groups is 2. The smallest absolute Gasteiger partial charge is 0.335 e. The zero-order chi connectivity index (χ0) is 18.8. The molecule has 1 aliphatic carbocycles. The summed E-state index contributed by atoms with van der Waals surface area (Å²) < 4.78 is 0. The van der Waals surface area contributed by atoms with E-state index in [0.29, 0.717) is 31.4 Å². The van der Waals surface area contributed by atoms with Crippen molar-refractivity contribution in [3.05, 3.63) is 35.6 Å². The van der Waals surface area contributed by atoms with Crippen molar-refractivity contribution in [1.29, 1.82) is 0 Å². The number of rotatable bonds is 12. The molecule has 140 valence electrons. The second kappa shape index (κ2) is 10.7. The number of aliphatic hydroxyl groups excluding tert-OH is 1. The summed E-state index contributed by atoms with van der Waals surface area (Å²) in [5, 5.41) is 27.5. The fraction of sp³-hybridized carbons (Fsp3) is 0.556. The summed E-state index contributed by atoms with van der Waals surface area (Å²) in [6, 6.07) is 0. The van der Waals surface area contributed by atoms with Crippen LogP contribution in [-0.2, 0) is 14.4 Å². The van der Waals surface area contributed by atoms with Crippen LogP contribution in [0.15, 0.2) is 35.6 Å². The summed E-state index contributed by atoms with van der Waals surface area (Å²) in [5.41, 5.74) is 4.01. The fourth-order valence-electron chi connectivity index (χ4n) is 2.36. The summed E-state index contributed by atoms with van der Waals surface area (Å²) in [7, 11) is 0. The molecule has 7 nitrogen and oxygen atoms in total. The lowest BCUT2D eigenvalue weighted by Crippen LogP contribution is -2.32. The molecule has 0 aliphatic heterocycles. The van der Waals surface area contributed by atoms with E-state index in [1.165, 1.54) is 0 Å². The Balaban J connectivity index is 2.48. The molecular weight excluding hydrogens is 326 g/mol. The minimum absolute atomic E-state index is 0.138. The third-order valence-corrected chi connectivity index (χ3v) is 3.59. The third kappa shape index (κ3) is 8.51. The number of allylic oxidation sites excluding steroid dienone is 3. The van der Waals surface area contributed by atoms with Gasteiger partial charge < -0.3 is 15.3 Å². The highest BCUT2D eigenvalue weighted by atomic mass is 16.7. The Bertz CT molecular complexity index is 550. The van der Waals surface area contributed by atoms with Crippen molar-refractivity contribution in [3.63, 3.8) is 0 Å². The van der Waals surface area contributed by atoms with Gasteiger partial charge in [-0.3, -0.25) is 15.1 Å². The van der Waals surface area contributed by atoms with E-state index in [-0.39, 0.29) is 12.3 Å². The molecule has 0 amide bonds. The summed E-state index contributed by atoms with van der Waals surface area (Å²) in [6.07, 6.45) is 7.59. The van der Waals surface area contributed by atoms with Gasteiger partial charge in [0.25, 0.3) is 0 Å². The van der Waals surface area contributed by atoms with Crippen LogP contribution >= 0.6 is 0 Å². The molecule has 0 aromatic heterocycles. The maximum Gasteiger partial charge on any atom is 0.335 e. The van der Waals surface area contributed by atoms with Gasteiger partial charge in [-0.2, -0.15) is 0 Å². The summed E-state index contributed by atoms with van der Waals surface area (Å²) in [6.45, 7) is 3.83. The molecule has 0 fully saturated rings. The highest BCUT2D eigenvalue weighted by Crippen LogP contribution is 2.22. The van der Waals surface area contributed by atoms with Crippen molar-refractivity contribution in [2.45, 2.75) is 58.2 Å². The molecule has 1 unspecified atom stereocenters. The summed E-state index contributed by atoms with van der Waals surface area (Å²) >= 11 is 0. The lowest BCUT2D eigenvalue weighted by atomic mass is 10.1. The second-order valence-electron chi connectivity index (χ2n) is 6.40. The lowest BCUT2D eigenvalue weighted by molar-refractivity contribution is -0.155. The van der Waals surface area contributed by atoms with Crippen molar-refractivity contribution < 1.29 is 29.7 Å². The van der Waals surface area contributed by atoms with Gasteiger partial charge in [-0.25, -0.2) is 4.79 Å². The van der Waals surface area contributed by atoms with Crippen LogP contribution in [0.4, 0.5) is 0 Å². The Labute approximate surface area is 147 Å². The molecule has 0 bridgehead atoms. The maximum absolute atomic E-state index is 11.2. The Morgan fingerprint density at radius 1 is 1.28 bits per heavy atom. The minimum atomic E-state index is -1.04. The van der Waals surface area contributed by atoms with Crippen LogP contribution in [-0.4, -0.2) is 39.5 Å². The largest absolute Gasteiger partial charge is 0.481 e. The molecule has 7 heteroatoms. The first-order valence-electron chi connectivity index (χ1n) is 8.41. The van der Waals surface area contributed by atoms with E-state index in [2.05, 4.69) is 5.48 Å². The van der Waals surface area contributed by atoms with E-state index >= 15 is 0 Å². The number of hydrogen-bond donors (Lipinski definition) is 4. The van der Waals surface area contributed by atoms with Crippen molar-refractivity contribution in [2.24, 2.45) is 5.92 Å². The molecule has 2 atom stereocenters. The minimum Gasteiger partial charge on any atom is -0.481 e. The van der Waals surface area contributed by atoms with Gasteiger partial charge in [-0.1, -0.05) is 26.0 Å². The number of carboxylic acid groups (broad SMARTS) is 2. The normalized spacial score (nSPS) is 18.3. The van der Waals surface area contributed by atoms with Gasteiger partial charge in [0.05, 0.1) is 11.8 Å². The van der Waals surface area contributed by atoms with Gasteiger partial charge in [0.15, 0.2) is 6.10 Å². The topological polar surface area (TPSA) is 116 Å². The van der Waals surface area contributed by atoms with Crippen molar-refractivity contribution >= 4 is 11.9 Å². The number of aliphatic hydroxyl groups is 1. The molecular formula is C18H27NO6. The Morgan fingerprint density at radius 2 is 2.00 bits per heavy atom. The van der Waals surface area contributed by atoms with Crippen molar-refractivity contribution in [1.82, 2.24) is 5.48 Å². The quantitative estimate of drug-likeness (QED) is 0.242.